The first-order valence-electron chi connectivity index (χ1n) is 3.62. The number of Topliss-reactive ketones (excluding diaryl/α,β-unsaturated/α-hetero) is 1. The number of alkyl halides is 1. The summed E-state index contributed by atoms with van der Waals surface area (Å²) in [6.45, 7) is 1.42. The van der Waals surface area contributed by atoms with E-state index in [0.717, 1.165) is 4.47 Å². The monoisotopic (exact) mass is 308 g/mol. The Morgan fingerprint density at radius 3 is 2.69 bits per heavy atom. The fourth-order valence-corrected chi connectivity index (χ4v) is 1.66. The van der Waals surface area contributed by atoms with Crippen molar-refractivity contribution in [1.29, 1.82) is 0 Å². The summed E-state index contributed by atoms with van der Waals surface area (Å²) in [5, 5.41) is 0. The third-order valence-electron chi connectivity index (χ3n) is 1.59. The lowest BCUT2D eigenvalue weighted by atomic mass is 10.1. The van der Waals surface area contributed by atoms with Crippen LogP contribution >= 0.6 is 31.9 Å². The first kappa shape index (κ1) is 10.9. The molecule has 0 N–H and O–H groups in total. The minimum absolute atomic E-state index is 0.114. The second kappa shape index (κ2) is 4.33. The van der Waals surface area contributed by atoms with E-state index in [0.29, 0.717) is 5.56 Å². The van der Waals surface area contributed by atoms with Gasteiger partial charge in [-0.25, -0.2) is 4.39 Å². The van der Waals surface area contributed by atoms with Gasteiger partial charge in [-0.2, -0.15) is 0 Å². The lowest BCUT2D eigenvalue weighted by Crippen LogP contribution is -2.03. The van der Waals surface area contributed by atoms with E-state index >= 15 is 0 Å². The number of benzene rings is 1. The van der Waals surface area contributed by atoms with Gasteiger partial charge in [0.2, 0.25) is 0 Å². The van der Waals surface area contributed by atoms with Crippen molar-refractivity contribution < 1.29 is 9.18 Å². The SMILES string of the molecule is CC(=O)C(Br)c1cc(Br)ccc1F. The molecule has 0 heterocycles. The summed E-state index contributed by atoms with van der Waals surface area (Å²) in [7, 11) is 0. The zero-order valence-corrected chi connectivity index (χ0v) is 10.0. The van der Waals surface area contributed by atoms with Crippen LogP contribution < -0.4 is 0 Å². The largest absolute Gasteiger partial charge is 0.298 e. The molecule has 4 heteroatoms. The predicted octanol–water partition coefficient (Wildman–Crippen LogP) is 3.61. The molecule has 1 aromatic rings. The van der Waals surface area contributed by atoms with E-state index in [1.54, 1.807) is 12.1 Å². The number of hydrogen-bond acceptors (Lipinski definition) is 1. The topological polar surface area (TPSA) is 17.1 Å². The summed E-state index contributed by atoms with van der Waals surface area (Å²) in [6, 6.07) is 4.52. The van der Waals surface area contributed by atoms with Crippen LogP contribution in [-0.2, 0) is 4.79 Å². The number of hydrogen-bond donors (Lipinski definition) is 0. The molecule has 0 aliphatic heterocycles. The highest BCUT2D eigenvalue weighted by atomic mass is 79.9. The molecule has 0 aliphatic carbocycles. The van der Waals surface area contributed by atoms with Gasteiger partial charge >= 0.3 is 0 Å². The van der Waals surface area contributed by atoms with Gasteiger partial charge in [0, 0.05) is 10.0 Å². The highest BCUT2D eigenvalue weighted by Gasteiger charge is 2.16. The Labute approximate surface area is 92.6 Å². The van der Waals surface area contributed by atoms with Gasteiger partial charge in [0.25, 0.3) is 0 Å². The van der Waals surface area contributed by atoms with E-state index in [4.69, 9.17) is 0 Å². The number of halogens is 3. The molecule has 0 aromatic heterocycles. The van der Waals surface area contributed by atoms with Crippen LogP contribution in [0, 0.1) is 5.82 Å². The van der Waals surface area contributed by atoms with E-state index < -0.39 is 4.83 Å². The maximum atomic E-state index is 13.2. The molecule has 0 amide bonds. The fourth-order valence-electron chi connectivity index (χ4n) is 0.928. The lowest BCUT2D eigenvalue weighted by Gasteiger charge is -2.07. The second-order valence-electron chi connectivity index (χ2n) is 2.64. The van der Waals surface area contributed by atoms with Crippen molar-refractivity contribution in [1.82, 2.24) is 0 Å². The van der Waals surface area contributed by atoms with E-state index in [9.17, 15) is 9.18 Å². The Bertz CT molecular complexity index is 338. The van der Waals surface area contributed by atoms with Crippen LogP contribution in [0.15, 0.2) is 22.7 Å². The summed E-state index contributed by atoms with van der Waals surface area (Å²) in [5.74, 6) is -0.489. The molecular formula is C9H7Br2FO. The molecule has 0 saturated carbocycles. The number of ketones is 1. The molecule has 0 spiro atoms. The molecule has 1 aromatic carbocycles. The number of carbonyl (C=O) groups excluding carboxylic acids is 1. The maximum absolute atomic E-state index is 13.2. The Hall–Kier alpha value is -0.220. The van der Waals surface area contributed by atoms with Crippen molar-refractivity contribution in [3.8, 4) is 0 Å². The summed E-state index contributed by atoms with van der Waals surface area (Å²) in [4.78, 5) is 10.4. The minimum atomic E-state index is -0.565. The molecule has 0 radical (unpaired) electrons. The third-order valence-corrected chi connectivity index (χ3v) is 3.22. The van der Waals surface area contributed by atoms with Crippen LogP contribution in [0.4, 0.5) is 4.39 Å². The molecule has 0 fully saturated rings. The molecule has 0 saturated heterocycles. The van der Waals surface area contributed by atoms with Crippen LogP contribution in [0.5, 0.6) is 0 Å². The van der Waals surface area contributed by atoms with E-state index in [2.05, 4.69) is 31.9 Å². The molecule has 0 aliphatic rings. The Morgan fingerprint density at radius 2 is 2.15 bits per heavy atom. The van der Waals surface area contributed by atoms with Crippen molar-refractivity contribution in [3.63, 3.8) is 0 Å². The van der Waals surface area contributed by atoms with Crippen molar-refractivity contribution in [2.45, 2.75) is 11.8 Å². The summed E-state index contributed by atoms with van der Waals surface area (Å²) in [6.07, 6.45) is 0. The van der Waals surface area contributed by atoms with Crippen molar-refractivity contribution >= 4 is 37.6 Å². The standard InChI is InChI=1S/C9H7Br2FO/c1-5(13)9(11)7-4-6(10)2-3-8(7)12/h2-4,9H,1H3. The molecule has 0 bridgehead atoms. The molecule has 13 heavy (non-hydrogen) atoms. The first-order valence-corrected chi connectivity index (χ1v) is 5.32. The van der Waals surface area contributed by atoms with Crippen LogP contribution in [0.2, 0.25) is 0 Å². The summed E-state index contributed by atoms with van der Waals surface area (Å²) < 4.78 is 13.9. The Kier molecular flexibility index (Phi) is 3.62. The highest BCUT2D eigenvalue weighted by Crippen LogP contribution is 2.28. The van der Waals surface area contributed by atoms with E-state index in [1.165, 1.54) is 13.0 Å². The quantitative estimate of drug-likeness (QED) is 0.763. The summed E-state index contributed by atoms with van der Waals surface area (Å²) in [5.41, 5.74) is 0.363. The summed E-state index contributed by atoms with van der Waals surface area (Å²) >= 11 is 6.34. The van der Waals surface area contributed by atoms with Crippen LogP contribution in [0.25, 0.3) is 0 Å². The molecule has 1 nitrogen and oxygen atoms in total. The average Bonchev–Trinajstić information content (AvgIpc) is 2.08. The van der Waals surface area contributed by atoms with Crippen molar-refractivity contribution in [2.24, 2.45) is 0 Å². The van der Waals surface area contributed by atoms with Crippen molar-refractivity contribution in [2.75, 3.05) is 0 Å². The van der Waals surface area contributed by atoms with Gasteiger partial charge in [0.1, 0.15) is 16.4 Å². The van der Waals surface area contributed by atoms with Crippen LogP contribution in [0.1, 0.15) is 17.3 Å². The van der Waals surface area contributed by atoms with Crippen LogP contribution in [-0.4, -0.2) is 5.78 Å². The van der Waals surface area contributed by atoms with Gasteiger partial charge in [0.05, 0.1) is 0 Å². The lowest BCUT2D eigenvalue weighted by molar-refractivity contribution is -0.116. The van der Waals surface area contributed by atoms with Gasteiger partial charge in [-0.15, -0.1) is 0 Å². The molecule has 1 atom stereocenters. The van der Waals surface area contributed by atoms with Gasteiger partial charge in [-0.3, -0.25) is 4.79 Å². The molecule has 1 rings (SSSR count). The number of rotatable bonds is 2. The molecular weight excluding hydrogens is 303 g/mol. The normalized spacial score (nSPS) is 12.6. The van der Waals surface area contributed by atoms with Gasteiger partial charge in [-0.1, -0.05) is 31.9 Å². The van der Waals surface area contributed by atoms with E-state index in [1.807, 2.05) is 0 Å². The van der Waals surface area contributed by atoms with Crippen LogP contribution in [0.3, 0.4) is 0 Å². The highest BCUT2D eigenvalue weighted by molar-refractivity contribution is 9.10. The van der Waals surface area contributed by atoms with Gasteiger partial charge in [-0.05, 0) is 25.1 Å². The fraction of sp³-hybridized carbons (Fsp3) is 0.222. The van der Waals surface area contributed by atoms with E-state index in [-0.39, 0.29) is 11.6 Å². The first-order chi connectivity index (χ1) is 6.02. The smallest absolute Gasteiger partial charge is 0.147 e. The minimum Gasteiger partial charge on any atom is -0.298 e. The molecule has 70 valence electrons. The van der Waals surface area contributed by atoms with Crippen molar-refractivity contribution in [3.05, 3.63) is 34.1 Å². The average molecular weight is 310 g/mol. The Morgan fingerprint density at radius 1 is 1.54 bits per heavy atom. The zero-order chi connectivity index (χ0) is 10.0. The van der Waals surface area contributed by atoms with Gasteiger partial charge in [0.15, 0.2) is 0 Å². The molecule has 1 unspecified atom stereocenters. The number of carbonyl (C=O) groups is 1. The maximum Gasteiger partial charge on any atom is 0.147 e. The zero-order valence-electron chi connectivity index (χ0n) is 6.85. The predicted molar refractivity (Wildman–Crippen MR) is 56.4 cm³/mol. The second-order valence-corrected chi connectivity index (χ2v) is 4.47. The Balaban J connectivity index is 3.12. The van der Waals surface area contributed by atoms with Gasteiger partial charge < -0.3 is 0 Å². The third kappa shape index (κ3) is 2.61.